The molecule has 1 aromatic heterocycles. The number of imidazole rings is 1. The molecule has 1 atom stereocenters. The average molecular weight is 328 g/mol. The summed E-state index contributed by atoms with van der Waals surface area (Å²) in [6, 6.07) is 15.9. The number of aliphatic hydroxyl groups is 1. The Balaban J connectivity index is 1.65. The molecule has 3 aromatic rings. The molecule has 0 radical (unpaired) electrons. The van der Waals surface area contributed by atoms with Gasteiger partial charge in [0.15, 0.2) is 0 Å². The third-order valence-electron chi connectivity index (χ3n) is 3.47. The third kappa shape index (κ3) is 4.12. The first-order valence-corrected chi connectivity index (χ1v) is 7.99. The van der Waals surface area contributed by atoms with Gasteiger partial charge < -0.3 is 15.4 Å². The van der Waals surface area contributed by atoms with E-state index in [0.717, 1.165) is 28.1 Å². The zero-order chi connectivity index (χ0) is 16.1. The van der Waals surface area contributed by atoms with Crippen molar-refractivity contribution in [2.75, 3.05) is 17.7 Å². The molecule has 0 spiro atoms. The van der Waals surface area contributed by atoms with Gasteiger partial charge in [0.05, 0.1) is 23.0 Å². The largest absolute Gasteiger partial charge is 0.390 e. The maximum Gasteiger partial charge on any atom is 0.131 e. The van der Waals surface area contributed by atoms with E-state index in [9.17, 15) is 5.11 Å². The fraction of sp³-hybridized carbons (Fsp3) is 0.167. The molecule has 3 N–H and O–H groups in total. The van der Waals surface area contributed by atoms with E-state index >= 15 is 0 Å². The molecule has 0 amide bonds. The van der Waals surface area contributed by atoms with Gasteiger partial charge in [-0.05, 0) is 35.9 Å². The van der Waals surface area contributed by atoms with Crippen molar-refractivity contribution in [3.63, 3.8) is 0 Å². The number of alkyl halides is 1. The lowest BCUT2D eigenvalue weighted by Crippen LogP contribution is -2.20. The average Bonchev–Trinajstić information content (AvgIpc) is 3.01. The fourth-order valence-corrected chi connectivity index (χ4v) is 2.34. The van der Waals surface area contributed by atoms with Crippen LogP contribution in [-0.2, 0) is 0 Å². The number of hydrogen-bond donors (Lipinski definition) is 3. The van der Waals surface area contributed by atoms with Gasteiger partial charge in [-0.15, -0.1) is 11.6 Å². The number of rotatable bonds is 6. The maximum absolute atomic E-state index is 9.43. The molecule has 23 heavy (non-hydrogen) atoms. The first kappa shape index (κ1) is 15.6. The molecule has 2 aromatic carbocycles. The Labute approximate surface area is 139 Å². The Morgan fingerprint density at radius 2 is 1.91 bits per heavy atom. The minimum Gasteiger partial charge on any atom is -0.390 e. The standard InChI is InChI=1S/C18H18ClN3O/c19-11-15(23)12-20-14-8-5-13(6-9-14)7-10-18-21-16-3-1-2-4-17(16)22-18/h1-10,15,20,23H,11-12H2,(H,21,22). The number of halogens is 1. The number of nitrogens with zero attached hydrogens (tertiary/aromatic N) is 1. The quantitative estimate of drug-likeness (QED) is 0.604. The number of nitrogens with one attached hydrogen (secondary N) is 2. The van der Waals surface area contributed by atoms with Crippen LogP contribution in [0.15, 0.2) is 48.5 Å². The number of fused-ring (bicyclic) bond motifs is 1. The van der Waals surface area contributed by atoms with Crippen LogP contribution in [0.1, 0.15) is 11.4 Å². The van der Waals surface area contributed by atoms with E-state index in [2.05, 4.69) is 15.3 Å². The summed E-state index contributed by atoms with van der Waals surface area (Å²) in [4.78, 5) is 7.77. The third-order valence-corrected chi connectivity index (χ3v) is 3.83. The topological polar surface area (TPSA) is 60.9 Å². The highest BCUT2D eigenvalue weighted by Gasteiger charge is 2.01. The second-order valence-electron chi connectivity index (χ2n) is 5.28. The van der Waals surface area contributed by atoms with Crippen molar-refractivity contribution in [2.24, 2.45) is 0 Å². The highest BCUT2D eigenvalue weighted by Crippen LogP contribution is 2.14. The van der Waals surface area contributed by atoms with Crippen LogP contribution in [-0.4, -0.2) is 33.6 Å². The van der Waals surface area contributed by atoms with E-state index in [4.69, 9.17) is 11.6 Å². The molecule has 0 saturated heterocycles. The minimum atomic E-state index is -0.538. The van der Waals surface area contributed by atoms with Crippen molar-refractivity contribution < 1.29 is 5.11 Å². The van der Waals surface area contributed by atoms with Crippen LogP contribution < -0.4 is 5.32 Å². The SMILES string of the molecule is OC(CCl)CNc1ccc(C=Cc2nc3ccccc3[nH]2)cc1. The number of H-pyrrole nitrogens is 1. The molecular weight excluding hydrogens is 310 g/mol. The van der Waals surface area contributed by atoms with Crippen molar-refractivity contribution in [3.05, 3.63) is 59.9 Å². The predicted molar refractivity (Wildman–Crippen MR) is 96.7 cm³/mol. The monoisotopic (exact) mass is 327 g/mol. The van der Waals surface area contributed by atoms with Crippen LogP contribution in [0.3, 0.4) is 0 Å². The summed E-state index contributed by atoms with van der Waals surface area (Å²) in [5.41, 5.74) is 4.03. The molecule has 5 heteroatoms. The molecular formula is C18H18ClN3O. The summed E-state index contributed by atoms with van der Waals surface area (Å²) >= 11 is 5.56. The Morgan fingerprint density at radius 3 is 2.65 bits per heavy atom. The second kappa shape index (κ2) is 7.31. The molecule has 0 aliphatic heterocycles. The molecule has 118 valence electrons. The van der Waals surface area contributed by atoms with Crippen LogP contribution in [0, 0.1) is 0 Å². The summed E-state index contributed by atoms with van der Waals surface area (Å²) in [6.07, 6.45) is 3.43. The number of hydrogen-bond acceptors (Lipinski definition) is 3. The fourth-order valence-electron chi connectivity index (χ4n) is 2.23. The van der Waals surface area contributed by atoms with Crippen molar-refractivity contribution in [3.8, 4) is 0 Å². The van der Waals surface area contributed by atoms with Gasteiger partial charge in [-0.25, -0.2) is 4.98 Å². The summed E-state index contributed by atoms with van der Waals surface area (Å²) in [6.45, 7) is 0.442. The van der Waals surface area contributed by atoms with E-state index in [1.54, 1.807) is 0 Å². The molecule has 0 aliphatic carbocycles. The molecule has 0 fully saturated rings. The number of aromatic amines is 1. The van der Waals surface area contributed by atoms with Gasteiger partial charge in [0.1, 0.15) is 5.82 Å². The molecule has 0 aliphatic rings. The zero-order valence-electron chi connectivity index (χ0n) is 12.5. The van der Waals surface area contributed by atoms with E-state index in [1.165, 1.54) is 0 Å². The summed E-state index contributed by atoms with van der Waals surface area (Å²) in [5, 5.41) is 12.6. The van der Waals surface area contributed by atoms with Gasteiger partial charge in [-0.3, -0.25) is 0 Å². The first-order chi connectivity index (χ1) is 11.2. The molecule has 1 heterocycles. The number of aliphatic hydroxyl groups excluding tert-OH is 1. The molecule has 0 saturated carbocycles. The van der Waals surface area contributed by atoms with Gasteiger partial charge in [0.2, 0.25) is 0 Å². The second-order valence-corrected chi connectivity index (χ2v) is 5.59. The lowest BCUT2D eigenvalue weighted by atomic mass is 10.2. The predicted octanol–water partition coefficient (Wildman–Crippen LogP) is 3.74. The Bertz CT molecular complexity index is 762. The summed E-state index contributed by atoms with van der Waals surface area (Å²) < 4.78 is 0. The van der Waals surface area contributed by atoms with Gasteiger partial charge in [-0.2, -0.15) is 0 Å². The molecule has 4 nitrogen and oxygen atoms in total. The Kier molecular flexibility index (Phi) is 4.95. The van der Waals surface area contributed by atoms with Gasteiger partial charge >= 0.3 is 0 Å². The van der Waals surface area contributed by atoms with E-state index in [0.29, 0.717) is 6.54 Å². The smallest absolute Gasteiger partial charge is 0.131 e. The van der Waals surface area contributed by atoms with E-state index in [-0.39, 0.29) is 5.88 Å². The van der Waals surface area contributed by atoms with Crippen LogP contribution in [0.5, 0.6) is 0 Å². The van der Waals surface area contributed by atoms with Crippen LogP contribution >= 0.6 is 11.6 Å². The van der Waals surface area contributed by atoms with Crippen LogP contribution in [0.4, 0.5) is 5.69 Å². The van der Waals surface area contributed by atoms with Crippen molar-refractivity contribution >= 4 is 40.5 Å². The number of benzene rings is 2. The van der Waals surface area contributed by atoms with Gasteiger partial charge in [0, 0.05) is 12.2 Å². The van der Waals surface area contributed by atoms with E-state index in [1.807, 2.05) is 60.7 Å². The highest BCUT2D eigenvalue weighted by molar-refractivity contribution is 6.18. The van der Waals surface area contributed by atoms with Crippen molar-refractivity contribution in [1.82, 2.24) is 9.97 Å². The number of para-hydroxylation sites is 2. The van der Waals surface area contributed by atoms with Gasteiger partial charge in [0.25, 0.3) is 0 Å². The lowest BCUT2D eigenvalue weighted by molar-refractivity contribution is 0.211. The minimum absolute atomic E-state index is 0.228. The van der Waals surface area contributed by atoms with Crippen LogP contribution in [0.25, 0.3) is 23.2 Å². The van der Waals surface area contributed by atoms with Crippen molar-refractivity contribution in [2.45, 2.75) is 6.10 Å². The Hall–Kier alpha value is -2.30. The van der Waals surface area contributed by atoms with Crippen LogP contribution in [0.2, 0.25) is 0 Å². The van der Waals surface area contributed by atoms with Crippen molar-refractivity contribution in [1.29, 1.82) is 0 Å². The summed E-state index contributed by atoms with van der Waals surface area (Å²) in [7, 11) is 0. The maximum atomic E-state index is 9.43. The Morgan fingerprint density at radius 1 is 1.13 bits per heavy atom. The number of anilines is 1. The molecule has 1 unspecified atom stereocenters. The normalized spacial score (nSPS) is 12.8. The lowest BCUT2D eigenvalue weighted by Gasteiger charge is -2.09. The zero-order valence-corrected chi connectivity index (χ0v) is 13.3. The highest BCUT2D eigenvalue weighted by atomic mass is 35.5. The summed E-state index contributed by atoms with van der Waals surface area (Å²) in [5.74, 6) is 1.06. The first-order valence-electron chi connectivity index (χ1n) is 7.45. The molecule has 3 rings (SSSR count). The molecule has 0 bridgehead atoms. The van der Waals surface area contributed by atoms with Gasteiger partial charge in [-0.1, -0.05) is 30.3 Å². The number of aromatic nitrogens is 2. The van der Waals surface area contributed by atoms with E-state index < -0.39 is 6.10 Å².